The minimum Gasteiger partial charge on any atom is -0.478 e. The number of benzene rings is 2. The fourth-order valence-electron chi connectivity index (χ4n) is 2.61. The molecule has 30 heavy (non-hydrogen) atoms. The van der Waals surface area contributed by atoms with E-state index >= 15 is 0 Å². The van der Waals surface area contributed by atoms with Crippen LogP contribution in [0.15, 0.2) is 70.7 Å². The highest BCUT2D eigenvalue weighted by atomic mass is 35.5. The lowest BCUT2D eigenvalue weighted by Gasteiger charge is -2.08. The molecule has 0 aliphatic carbocycles. The van der Waals surface area contributed by atoms with Crippen molar-refractivity contribution in [1.82, 2.24) is 9.99 Å². The predicted molar refractivity (Wildman–Crippen MR) is 115 cm³/mol. The summed E-state index contributed by atoms with van der Waals surface area (Å²) in [7, 11) is 0. The molecule has 0 aliphatic rings. The number of carbonyl (C=O) groups is 2. The van der Waals surface area contributed by atoms with Crippen LogP contribution in [0, 0.1) is 0 Å². The van der Waals surface area contributed by atoms with Gasteiger partial charge in [-0.3, -0.25) is 9.59 Å². The third-order valence-corrected chi connectivity index (χ3v) is 4.88. The number of pyridine rings is 1. The summed E-state index contributed by atoms with van der Waals surface area (Å²) in [6.07, 6.45) is 2.91. The lowest BCUT2D eigenvalue weighted by Crippen LogP contribution is -2.30. The highest BCUT2D eigenvalue weighted by molar-refractivity contribution is 6.42. The Balaban J connectivity index is 1.71. The molecule has 1 amide bonds. The summed E-state index contributed by atoms with van der Waals surface area (Å²) < 4.78 is 1.38. The molecule has 0 bridgehead atoms. The number of carboxylic acid groups (broad SMARTS) is 1. The molecule has 0 atom stereocenters. The summed E-state index contributed by atoms with van der Waals surface area (Å²) in [6, 6.07) is 14.0. The molecule has 0 saturated carbocycles. The predicted octanol–water partition coefficient (Wildman–Crippen LogP) is 3.67. The fourth-order valence-corrected chi connectivity index (χ4v) is 2.93. The van der Waals surface area contributed by atoms with Crippen molar-refractivity contribution < 1.29 is 14.7 Å². The van der Waals surface area contributed by atoms with E-state index in [9.17, 15) is 14.4 Å². The van der Waals surface area contributed by atoms with Crippen LogP contribution in [0.3, 0.4) is 0 Å². The van der Waals surface area contributed by atoms with Crippen LogP contribution < -0.4 is 11.0 Å². The van der Waals surface area contributed by atoms with Gasteiger partial charge in [0.25, 0.3) is 11.5 Å². The Morgan fingerprint density at radius 3 is 2.47 bits per heavy atom. The Hall–Kier alpha value is -3.42. The molecule has 3 aromatic rings. The summed E-state index contributed by atoms with van der Waals surface area (Å²) in [6.45, 7) is 0.218. The number of carboxylic acids is 1. The van der Waals surface area contributed by atoms with Gasteiger partial charge in [0.05, 0.1) is 28.4 Å². The number of carbonyl (C=O) groups excluding carboxylic acids is 1. The molecule has 0 aliphatic heterocycles. The van der Waals surface area contributed by atoms with E-state index < -0.39 is 17.4 Å². The average molecular weight is 444 g/mol. The minimum absolute atomic E-state index is 0.0732. The zero-order chi connectivity index (χ0) is 21.7. The van der Waals surface area contributed by atoms with Crippen LogP contribution in [0.5, 0.6) is 0 Å². The van der Waals surface area contributed by atoms with Gasteiger partial charge in [0.15, 0.2) is 0 Å². The number of rotatable bonds is 6. The minimum atomic E-state index is -1.03. The summed E-state index contributed by atoms with van der Waals surface area (Å²) in [5, 5.41) is 13.5. The van der Waals surface area contributed by atoms with Gasteiger partial charge in [0, 0.05) is 6.20 Å². The molecule has 1 heterocycles. The monoisotopic (exact) mass is 443 g/mol. The average Bonchev–Trinajstić information content (AvgIpc) is 2.72. The molecule has 0 fully saturated rings. The number of hydrogen-bond donors (Lipinski definition) is 2. The third kappa shape index (κ3) is 5.14. The molecular weight excluding hydrogens is 429 g/mol. The van der Waals surface area contributed by atoms with Crippen molar-refractivity contribution in [3.05, 3.63) is 103 Å². The zero-order valence-electron chi connectivity index (χ0n) is 15.4. The van der Waals surface area contributed by atoms with Gasteiger partial charge in [-0.2, -0.15) is 5.10 Å². The molecule has 0 saturated heterocycles. The normalized spacial score (nSPS) is 10.9. The van der Waals surface area contributed by atoms with Crippen molar-refractivity contribution in [2.75, 3.05) is 0 Å². The highest BCUT2D eigenvalue weighted by Crippen LogP contribution is 2.22. The van der Waals surface area contributed by atoms with E-state index in [-0.39, 0.29) is 17.7 Å². The Morgan fingerprint density at radius 1 is 1.07 bits per heavy atom. The second-order valence-corrected chi connectivity index (χ2v) is 7.04. The van der Waals surface area contributed by atoms with Crippen LogP contribution in [0.1, 0.15) is 31.8 Å². The molecule has 7 nitrogen and oxygen atoms in total. The van der Waals surface area contributed by atoms with Gasteiger partial charge >= 0.3 is 5.97 Å². The number of nitrogens with one attached hydrogen (secondary N) is 1. The second-order valence-electron chi connectivity index (χ2n) is 6.23. The van der Waals surface area contributed by atoms with Crippen LogP contribution >= 0.6 is 23.2 Å². The molecule has 2 aromatic carbocycles. The first kappa shape index (κ1) is 21.3. The Kier molecular flexibility index (Phi) is 6.66. The van der Waals surface area contributed by atoms with E-state index in [0.717, 1.165) is 5.56 Å². The third-order valence-electron chi connectivity index (χ3n) is 4.14. The van der Waals surface area contributed by atoms with Gasteiger partial charge in [-0.05, 0) is 47.5 Å². The number of nitrogens with zero attached hydrogens (tertiary/aromatic N) is 2. The first-order valence-corrected chi connectivity index (χ1v) is 9.41. The SMILES string of the molecule is O=C(O)c1ccc(/C=N\NC(=O)c2cccn(Cc3ccc(Cl)c(Cl)c3)c2=O)cc1. The number of aromatic carboxylic acids is 1. The first-order valence-electron chi connectivity index (χ1n) is 8.65. The van der Waals surface area contributed by atoms with E-state index in [1.165, 1.54) is 29.0 Å². The van der Waals surface area contributed by atoms with Gasteiger partial charge in [0.1, 0.15) is 5.56 Å². The second kappa shape index (κ2) is 9.39. The van der Waals surface area contributed by atoms with Crippen LogP contribution in [-0.2, 0) is 6.54 Å². The molecular formula is C21H15Cl2N3O4. The molecule has 0 unspecified atom stereocenters. The van der Waals surface area contributed by atoms with Crippen molar-refractivity contribution >= 4 is 41.3 Å². The number of amides is 1. The summed E-state index contributed by atoms with van der Waals surface area (Å²) in [5.74, 6) is -1.70. The summed E-state index contributed by atoms with van der Waals surface area (Å²) in [5.41, 5.74) is 3.22. The lowest BCUT2D eigenvalue weighted by atomic mass is 10.1. The molecule has 152 valence electrons. The molecule has 9 heteroatoms. The van der Waals surface area contributed by atoms with Gasteiger partial charge in [-0.15, -0.1) is 0 Å². The van der Waals surface area contributed by atoms with E-state index in [1.54, 1.807) is 42.6 Å². The Labute approximate surface area is 181 Å². The van der Waals surface area contributed by atoms with E-state index in [1.807, 2.05) is 0 Å². The number of hydrazone groups is 1. The van der Waals surface area contributed by atoms with Gasteiger partial charge in [0.2, 0.25) is 0 Å². The zero-order valence-corrected chi connectivity index (χ0v) is 16.9. The Morgan fingerprint density at radius 2 is 1.80 bits per heavy atom. The maximum Gasteiger partial charge on any atom is 0.335 e. The number of hydrogen-bond acceptors (Lipinski definition) is 4. The van der Waals surface area contributed by atoms with Crippen LogP contribution in [0.2, 0.25) is 10.0 Å². The lowest BCUT2D eigenvalue weighted by molar-refractivity contribution is 0.0696. The van der Waals surface area contributed by atoms with Crippen molar-refractivity contribution in [1.29, 1.82) is 0 Å². The van der Waals surface area contributed by atoms with Gasteiger partial charge in [-0.1, -0.05) is 41.4 Å². The largest absolute Gasteiger partial charge is 0.478 e. The van der Waals surface area contributed by atoms with Crippen LogP contribution in [0.25, 0.3) is 0 Å². The van der Waals surface area contributed by atoms with E-state index in [2.05, 4.69) is 10.5 Å². The molecule has 0 spiro atoms. The smallest absolute Gasteiger partial charge is 0.335 e. The first-order chi connectivity index (χ1) is 14.3. The molecule has 1 aromatic heterocycles. The van der Waals surface area contributed by atoms with Crippen molar-refractivity contribution in [3.63, 3.8) is 0 Å². The van der Waals surface area contributed by atoms with Crippen molar-refractivity contribution in [2.45, 2.75) is 6.54 Å². The van der Waals surface area contributed by atoms with Crippen LogP contribution in [0.4, 0.5) is 0 Å². The quantitative estimate of drug-likeness (QED) is 0.448. The maximum absolute atomic E-state index is 12.6. The highest BCUT2D eigenvalue weighted by Gasteiger charge is 2.12. The van der Waals surface area contributed by atoms with E-state index in [0.29, 0.717) is 15.6 Å². The Bertz CT molecular complexity index is 1190. The summed E-state index contributed by atoms with van der Waals surface area (Å²) >= 11 is 11.9. The maximum atomic E-state index is 12.6. The number of aromatic nitrogens is 1. The molecule has 0 radical (unpaired) electrons. The number of halogens is 2. The fraction of sp³-hybridized carbons (Fsp3) is 0.0476. The topological polar surface area (TPSA) is 101 Å². The van der Waals surface area contributed by atoms with Crippen molar-refractivity contribution in [3.8, 4) is 0 Å². The molecule has 3 rings (SSSR count). The van der Waals surface area contributed by atoms with Gasteiger partial charge in [-0.25, -0.2) is 10.2 Å². The van der Waals surface area contributed by atoms with E-state index in [4.69, 9.17) is 28.3 Å². The standard InChI is InChI=1S/C21H15Cl2N3O4/c22-17-8-5-14(10-18(17)23)12-26-9-1-2-16(20(26)28)19(27)25-24-11-13-3-6-15(7-4-13)21(29)30/h1-11H,12H2,(H,25,27)(H,29,30)/b24-11-. The van der Waals surface area contributed by atoms with Crippen molar-refractivity contribution in [2.24, 2.45) is 5.10 Å². The van der Waals surface area contributed by atoms with Crippen LogP contribution in [-0.4, -0.2) is 27.8 Å². The van der Waals surface area contributed by atoms with Gasteiger partial charge < -0.3 is 9.67 Å². The molecule has 2 N–H and O–H groups in total. The summed E-state index contributed by atoms with van der Waals surface area (Å²) in [4.78, 5) is 35.8.